The molecule has 0 radical (unpaired) electrons. The molecule has 0 aromatic heterocycles. The zero-order valence-electron chi connectivity index (χ0n) is 11.8. The number of amides is 1. The maximum Gasteiger partial charge on any atom is 0.305 e. The number of ether oxygens (including phenoxy) is 1. The molecular formula is C15H23NO4. The summed E-state index contributed by atoms with van der Waals surface area (Å²) in [5.74, 6) is -0.167. The van der Waals surface area contributed by atoms with Gasteiger partial charge in [-0.2, -0.15) is 0 Å². The molecule has 5 heteroatoms. The smallest absolute Gasteiger partial charge is 0.305 e. The average molecular weight is 281 g/mol. The summed E-state index contributed by atoms with van der Waals surface area (Å²) in [7, 11) is 0. The van der Waals surface area contributed by atoms with Gasteiger partial charge in [0.25, 0.3) is 0 Å². The lowest BCUT2D eigenvalue weighted by Crippen LogP contribution is -2.41. The Balaban J connectivity index is 1.64. The van der Waals surface area contributed by atoms with E-state index in [4.69, 9.17) is 9.84 Å². The van der Waals surface area contributed by atoms with E-state index in [0.29, 0.717) is 12.3 Å². The Hall–Kier alpha value is -1.36. The standard InChI is InChI=1S/C15H23NO4/c17-14(11-12-3-1-2-4-12)16-8-5-13(6-9-16)20-10-7-15(18)19/h1,3,12-13H,2,4-11H2,(H,18,19). The van der Waals surface area contributed by atoms with Gasteiger partial charge in [0.1, 0.15) is 0 Å². The maximum atomic E-state index is 12.1. The highest BCUT2D eigenvalue weighted by molar-refractivity contribution is 5.76. The molecule has 1 N–H and O–H groups in total. The molecule has 2 aliphatic rings. The Morgan fingerprint density at radius 2 is 2.00 bits per heavy atom. The number of rotatable bonds is 6. The predicted octanol–water partition coefficient (Wildman–Crippen LogP) is 1.82. The summed E-state index contributed by atoms with van der Waals surface area (Å²) in [5, 5.41) is 8.56. The third kappa shape index (κ3) is 4.63. The van der Waals surface area contributed by atoms with Crippen molar-refractivity contribution in [3.63, 3.8) is 0 Å². The molecule has 112 valence electrons. The van der Waals surface area contributed by atoms with Crippen LogP contribution < -0.4 is 0 Å². The van der Waals surface area contributed by atoms with Gasteiger partial charge in [0, 0.05) is 19.5 Å². The molecule has 20 heavy (non-hydrogen) atoms. The highest BCUT2D eigenvalue weighted by Crippen LogP contribution is 2.22. The van der Waals surface area contributed by atoms with Crippen molar-refractivity contribution in [2.45, 2.75) is 44.6 Å². The zero-order chi connectivity index (χ0) is 14.4. The van der Waals surface area contributed by atoms with Crippen LogP contribution in [0.25, 0.3) is 0 Å². The fourth-order valence-corrected chi connectivity index (χ4v) is 2.80. The van der Waals surface area contributed by atoms with Crippen LogP contribution >= 0.6 is 0 Å². The van der Waals surface area contributed by atoms with Gasteiger partial charge in [-0.3, -0.25) is 9.59 Å². The highest BCUT2D eigenvalue weighted by atomic mass is 16.5. The minimum atomic E-state index is -0.831. The van der Waals surface area contributed by atoms with E-state index in [1.54, 1.807) is 0 Å². The average Bonchev–Trinajstić information content (AvgIpc) is 2.92. The fraction of sp³-hybridized carbons (Fsp3) is 0.733. The number of aliphatic carboxylic acids is 1. The second-order valence-electron chi connectivity index (χ2n) is 5.56. The van der Waals surface area contributed by atoms with Crippen molar-refractivity contribution >= 4 is 11.9 Å². The highest BCUT2D eigenvalue weighted by Gasteiger charge is 2.25. The van der Waals surface area contributed by atoms with Crippen LogP contribution in [0.3, 0.4) is 0 Å². The molecule has 1 aliphatic carbocycles. The van der Waals surface area contributed by atoms with Gasteiger partial charge in [0.15, 0.2) is 0 Å². The van der Waals surface area contributed by atoms with Crippen LogP contribution in [0.5, 0.6) is 0 Å². The Morgan fingerprint density at radius 1 is 1.25 bits per heavy atom. The van der Waals surface area contributed by atoms with Crippen LogP contribution in [-0.4, -0.2) is 47.7 Å². The van der Waals surface area contributed by atoms with Crippen LogP contribution in [-0.2, 0) is 14.3 Å². The molecule has 2 rings (SSSR count). The number of carboxylic acids is 1. The first-order valence-corrected chi connectivity index (χ1v) is 7.43. The van der Waals surface area contributed by atoms with E-state index in [2.05, 4.69) is 12.2 Å². The quantitative estimate of drug-likeness (QED) is 0.754. The predicted molar refractivity (Wildman–Crippen MR) is 74.3 cm³/mol. The summed E-state index contributed by atoms with van der Waals surface area (Å²) in [6, 6.07) is 0. The molecule has 0 bridgehead atoms. The number of carbonyl (C=O) groups is 2. The number of hydrogen-bond donors (Lipinski definition) is 1. The van der Waals surface area contributed by atoms with E-state index in [-0.39, 0.29) is 25.0 Å². The minimum Gasteiger partial charge on any atom is -0.481 e. The number of allylic oxidation sites excluding steroid dienone is 2. The third-order valence-corrected chi connectivity index (χ3v) is 4.01. The lowest BCUT2D eigenvalue weighted by molar-refractivity contribution is -0.139. The lowest BCUT2D eigenvalue weighted by Gasteiger charge is -2.32. The van der Waals surface area contributed by atoms with Crippen LogP contribution in [0.15, 0.2) is 12.2 Å². The monoisotopic (exact) mass is 281 g/mol. The zero-order valence-corrected chi connectivity index (χ0v) is 11.8. The second kappa shape index (κ2) is 7.43. The molecule has 0 spiro atoms. The summed E-state index contributed by atoms with van der Waals surface area (Å²) in [4.78, 5) is 24.5. The van der Waals surface area contributed by atoms with Crippen molar-refractivity contribution in [1.82, 2.24) is 4.90 Å². The summed E-state index contributed by atoms with van der Waals surface area (Å²) in [6.45, 7) is 1.72. The molecule has 0 aromatic carbocycles. The first-order valence-electron chi connectivity index (χ1n) is 7.43. The van der Waals surface area contributed by atoms with E-state index in [1.165, 1.54) is 0 Å². The molecule has 0 saturated carbocycles. The molecule has 1 saturated heterocycles. The van der Waals surface area contributed by atoms with Crippen LogP contribution in [0, 0.1) is 5.92 Å². The van der Waals surface area contributed by atoms with Gasteiger partial charge >= 0.3 is 5.97 Å². The maximum absolute atomic E-state index is 12.1. The van der Waals surface area contributed by atoms with Crippen LogP contribution in [0.2, 0.25) is 0 Å². The van der Waals surface area contributed by atoms with Gasteiger partial charge in [-0.15, -0.1) is 0 Å². The number of carbonyl (C=O) groups excluding carboxylic acids is 1. The topological polar surface area (TPSA) is 66.8 Å². The van der Waals surface area contributed by atoms with E-state index < -0.39 is 5.97 Å². The Labute approximate surface area is 119 Å². The fourth-order valence-electron chi connectivity index (χ4n) is 2.80. The molecule has 1 fully saturated rings. The first kappa shape index (κ1) is 15.0. The largest absolute Gasteiger partial charge is 0.481 e. The van der Waals surface area contributed by atoms with Crippen molar-refractivity contribution in [3.8, 4) is 0 Å². The van der Waals surface area contributed by atoms with Gasteiger partial charge in [0.05, 0.1) is 19.1 Å². The van der Waals surface area contributed by atoms with E-state index >= 15 is 0 Å². The van der Waals surface area contributed by atoms with Crippen molar-refractivity contribution in [2.75, 3.05) is 19.7 Å². The summed E-state index contributed by atoms with van der Waals surface area (Å²) >= 11 is 0. The number of hydrogen-bond acceptors (Lipinski definition) is 3. The van der Waals surface area contributed by atoms with E-state index in [1.807, 2.05) is 4.90 Å². The van der Waals surface area contributed by atoms with Crippen LogP contribution in [0.1, 0.15) is 38.5 Å². The number of nitrogens with zero attached hydrogens (tertiary/aromatic N) is 1. The third-order valence-electron chi connectivity index (χ3n) is 4.01. The van der Waals surface area contributed by atoms with Crippen molar-refractivity contribution < 1.29 is 19.4 Å². The van der Waals surface area contributed by atoms with Crippen LogP contribution in [0.4, 0.5) is 0 Å². The van der Waals surface area contributed by atoms with Crippen molar-refractivity contribution in [1.29, 1.82) is 0 Å². The number of carboxylic acid groups (broad SMARTS) is 1. The van der Waals surface area contributed by atoms with Gasteiger partial charge in [0.2, 0.25) is 5.91 Å². The molecule has 1 unspecified atom stereocenters. The molecule has 1 amide bonds. The van der Waals surface area contributed by atoms with Gasteiger partial charge in [-0.25, -0.2) is 0 Å². The number of piperidine rings is 1. The van der Waals surface area contributed by atoms with E-state index in [9.17, 15) is 9.59 Å². The minimum absolute atomic E-state index is 0.0488. The molecule has 1 heterocycles. The normalized spacial score (nSPS) is 23.2. The van der Waals surface area contributed by atoms with E-state index in [0.717, 1.165) is 38.8 Å². The number of likely N-dealkylation sites (tertiary alicyclic amines) is 1. The van der Waals surface area contributed by atoms with Gasteiger partial charge < -0.3 is 14.7 Å². The first-order chi connectivity index (χ1) is 9.65. The Bertz CT molecular complexity index is 372. The van der Waals surface area contributed by atoms with Crippen molar-refractivity contribution in [3.05, 3.63) is 12.2 Å². The summed E-state index contributed by atoms with van der Waals surface area (Å²) in [6.07, 6.45) is 8.90. The van der Waals surface area contributed by atoms with Gasteiger partial charge in [-0.05, 0) is 31.6 Å². The molecule has 0 aromatic rings. The Kier molecular flexibility index (Phi) is 5.59. The summed E-state index contributed by atoms with van der Waals surface area (Å²) in [5.41, 5.74) is 0. The molecule has 1 atom stereocenters. The van der Waals surface area contributed by atoms with Crippen molar-refractivity contribution in [2.24, 2.45) is 5.92 Å². The molecular weight excluding hydrogens is 258 g/mol. The second-order valence-corrected chi connectivity index (χ2v) is 5.56. The Morgan fingerprint density at radius 3 is 2.60 bits per heavy atom. The molecule has 5 nitrogen and oxygen atoms in total. The SMILES string of the molecule is O=C(O)CCOC1CCN(C(=O)CC2C=CCC2)CC1. The molecule has 1 aliphatic heterocycles. The summed E-state index contributed by atoms with van der Waals surface area (Å²) < 4.78 is 5.53. The lowest BCUT2D eigenvalue weighted by atomic mass is 10.0. The van der Waals surface area contributed by atoms with Gasteiger partial charge in [-0.1, -0.05) is 12.2 Å².